The lowest BCUT2D eigenvalue weighted by molar-refractivity contribution is -0.143. The summed E-state index contributed by atoms with van der Waals surface area (Å²) in [6.07, 6.45) is 1.69. The number of rotatable bonds is 2. The van der Waals surface area contributed by atoms with Crippen molar-refractivity contribution in [2.75, 3.05) is 12.3 Å². The first-order valence-electron chi connectivity index (χ1n) is 5.72. The van der Waals surface area contributed by atoms with Crippen molar-refractivity contribution >= 4 is 22.6 Å². The molecule has 1 saturated heterocycles. The molecule has 0 saturated carbocycles. The van der Waals surface area contributed by atoms with Crippen LogP contribution in [0.1, 0.15) is 6.42 Å². The largest absolute Gasteiger partial charge is 0.476 e. The first kappa shape index (κ1) is 10.8. The zero-order chi connectivity index (χ0) is 12.5. The number of benzene rings is 1. The quantitative estimate of drug-likeness (QED) is 0.640. The van der Waals surface area contributed by atoms with Gasteiger partial charge in [-0.15, -0.1) is 0 Å². The van der Waals surface area contributed by atoms with Gasteiger partial charge in [0.15, 0.2) is 6.10 Å². The predicted octanol–water partition coefficient (Wildman–Crippen LogP) is 1.51. The molecule has 1 aliphatic rings. The number of nitrogen functional groups attached to an aromatic ring is 1. The minimum atomic E-state index is -0.543. The highest BCUT2D eigenvalue weighted by atomic mass is 16.6. The summed E-state index contributed by atoms with van der Waals surface area (Å²) in [5.41, 5.74) is 7.18. The zero-order valence-corrected chi connectivity index (χ0v) is 9.63. The Morgan fingerprint density at radius 2 is 2.28 bits per heavy atom. The second-order valence-corrected chi connectivity index (χ2v) is 4.12. The normalized spacial score (nSPS) is 18.9. The molecule has 0 spiro atoms. The minimum absolute atomic E-state index is 0.323. The molecule has 18 heavy (non-hydrogen) atoms. The van der Waals surface area contributed by atoms with Gasteiger partial charge in [0.2, 0.25) is 0 Å². The Morgan fingerprint density at radius 1 is 1.39 bits per heavy atom. The van der Waals surface area contributed by atoms with Crippen LogP contribution < -0.4 is 10.5 Å². The summed E-state index contributed by atoms with van der Waals surface area (Å²) in [6.45, 7) is 0.407. The molecule has 0 aliphatic carbocycles. The highest BCUT2D eigenvalue weighted by Crippen LogP contribution is 2.29. The fraction of sp³-hybridized carbons (Fsp3) is 0.231. The van der Waals surface area contributed by atoms with E-state index in [0.717, 1.165) is 5.39 Å². The molecule has 5 nitrogen and oxygen atoms in total. The number of hydrogen-bond donors (Lipinski definition) is 1. The molecule has 1 aromatic carbocycles. The highest BCUT2D eigenvalue weighted by molar-refractivity contribution is 5.94. The maximum atomic E-state index is 11.4. The van der Waals surface area contributed by atoms with Gasteiger partial charge < -0.3 is 15.2 Å². The monoisotopic (exact) mass is 244 g/mol. The number of carbonyl (C=O) groups is 1. The van der Waals surface area contributed by atoms with Gasteiger partial charge in [-0.2, -0.15) is 0 Å². The second-order valence-electron chi connectivity index (χ2n) is 4.12. The van der Waals surface area contributed by atoms with E-state index in [-0.39, 0.29) is 5.97 Å². The molecule has 1 aromatic heterocycles. The van der Waals surface area contributed by atoms with Gasteiger partial charge in [-0.25, -0.2) is 4.79 Å². The maximum Gasteiger partial charge on any atom is 0.347 e. The third kappa shape index (κ3) is 1.73. The molecule has 0 bridgehead atoms. The van der Waals surface area contributed by atoms with Crippen molar-refractivity contribution in [3.05, 3.63) is 30.5 Å². The van der Waals surface area contributed by atoms with E-state index in [1.165, 1.54) is 0 Å². The van der Waals surface area contributed by atoms with Crippen LogP contribution in [0, 0.1) is 0 Å². The smallest absolute Gasteiger partial charge is 0.347 e. The molecule has 1 unspecified atom stereocenters. The maximum absolute atomic E-state index is 11.4. The molecule has 1 atom stereocenters. The Bertz CT molecular complexity index is 612. The number of ether oxygens (including phenoxy) is 2. The van der Waals surface area contributed by atoms with Gasteiger partial charge in [0.05, 0.1) is 6.61 Å². The summed E-state index contributed by atoms with van der Waals surface area (Å²) in [6, 6.07) is 7.17. The van der Waals surface area contributed by atoms with Crippen LogP contribution in [0.25, 0.3) is 10.9 Å². The van der Waals surface area contributed by atoms with Crippen LogP contribution in [-0.2, 0) is 9.53 Å². The average Bonchev–Trinajstić information content (AvgIpc) is 2.79. The predicted molar refractivity (Wildman–Crippen MR) is 66.1 cm³/mol. The summed E-state index contributed by atoms with van der Waals surface area (Å²) in [7, 11) is 0. The lowest BCUT2D eigenvalue weighted by Crippen LogP contribution is -2.21. The molecular formula is C13H12N2O3. The van der Waals surface area contributed by atoms with E-state index < -0.39 is 6.10 Å². The first-order valence-corrected chi connectivity index (χ1v) is 5.72. The van der Waals surface area contributed by atoms with Gasteiger partial charge in [0, 0.05) is 23.7 Å². The number of pyridine rings is 1. The molecule has 0 radical (unpaired) electrons. The number of aromatic nitrogens is 1. The Morgan fingerprint density at radius 3 is 3.06 bits per heavy atom. The summed E-state index contributed by atoms with van der Waals surface area (Å²) in [4.78, 5) is 15.6. The Kier molecular flexibility index (Phi) is 2.51. The van der Waals surface area contributed by atoms with E-state index in [4.69, 9.17) is 15.2 Å². The topological polar surface area (TPSA) is 74.4 Å². The molecular weight excluding hydrogens is 232 g/mol. The molecule has 3 rings (SSSR count). The lowest BCUT2D eigenvalue weighted by Gasteiger charge is -2.12. The van der Waals surface area contributed by atoms with E-state index in [9.17, 15) is 4.79 Å². The molecule has 5 heteroatoms. The van der Waals surface area contributed by atoms with Crippen LogP contribution >= 0.6 is 0 Å². The number of nitrogens with zero attached hydrogens (tertiary/aromatic N) is 1. The fourth-order valence-corrected chi connectivity index (χ4v) is 2.00. The molecule has 2 aromatic rings. The second kappa shape index (κ2) is 4.18. The van der Waals surface area contributed by atoms with Crippen molar-refractivity contribution < 1.29 is 14.3 Å². The van der Waals surface area contributed by atoms with Gasteiger partial charge >= 0.3 is 5.97 Å². The fourth-order valence-electron chi connectivity index (χ4n) is 2.00. The summed E-state index contributed by atoms with van der Waals surface area (Å²) >= 11 is 0. The Balaban J connectivity index is 2.02. The van der Waals surface area contributed by atoms with E-state index >= 15 is 0 Å². The van der Waals surface area contributed by atoms with Crippen molar-refractivity contribution in [3.8, 4) is 5.75 Å². The van der Waals surface area contributed by atoms with Crippen molar-refractivity contribution in [2.45, 2.75) is 12.5 Å². The SMILES string of the molecule is Nc1ccc(OC2CCOC2=O)c2ncccc12. The zero-order valence-electron chi connectivity index (χ0n) is 9.63. The Hall–Kier alpha value is -2.30. The number of anilines is 1. The van der Waals surface area contributed by atoms with Crippen molar-refractivity contribution in [1.82, 2.24) is 4.98 Å². The van der Waals surface area contributed by atoms with Crippen LogP contribution in [0.4, 0.5) is 5.69 Å². The van der Waals surface area contributed by atoms with E-state index in [1.807, 2.05) is 12.1 Å². The third-order valence-corrected chi connectivity index (χ3v) is 2.92. The van der Waals surface area contributed by atoms with Crippen LogP contribution in [0.15, 0.2) is 30.5 Å². The summed E-state index contributed by atoms with van der Waals surface area (Å²) in [5.74, 6) is 0.236. The number of carbonyl (C=O) groups excluding carboxylic acids is 1. The summed E-state index contributed by atoms with van der Waals surface area (Å²) < 4.78 is 10.5. The average molecular weight is 244 g/mol. The Labute approximate surface area is 104 Å². The van der Waals surface area contributed by atoms with Crippen LogP contribution in [0.2, 0.25) is 0 Å². The van der Waals surface area contributed by atoms with Gasteiger partial charge in [0.25, 0.3) is 0 Å². The molecule has 1 aliphatic heterocycles. The van der Waals surface area contributed by atoms with Gasteiger partial charge in [0.1, 0.15) is 11.3 Å². The minimum Gasteiger partial charge on any atom is -0.476 e. The van der Waals surface area contributed by atoms with E-state index in [0.29, 0.717) is 30.0 Å². The van der Waals surface area contributed by atoms with Crippen LogP contribution in [0.5, 0.6) is 5.75 Å². The van der Waals surface area contributed by atoms with Crippen molar-refractivity contribution in [3.63, 3.8) is 0 Å². The van der Waals surface area contributed by atoms with Gasteiger partial charge in [-0.1, -0.05) is 0 Å². The number of hydrogen-bond acceptors (Lipinski definition) is 5. The van der Waals surface area contributed by atoms with Crippen molar-refractivity contribution in [1.29, 1.82) is 0 Å². The molecule has 92 valence electrons. The van der Waals surface area contributed by atoms with Gasteiger partial charge in [-0.05, 0) is 24.3 Å². The third-order valence-electron chi connectivity index (χ3n) is 2.92. The standard InChI is InChI=1S/C13H12N2O3/c14-9-3-4-10(12-8(9)2-1-6-15-12)18-11-5-7-17-13(11)16/h1-4,6,11H,5,7,14H2. The molecule has 2 N–H and O–H groups in total. The molecule has 2 heterocycles. The van der Waals surface area contributed by atoms with Crippen LogP contribution in [-0.4, -0.2) is 23.7 Å². The molecule has 1 fully saturated rings. The highest BCUT2D eigenvalue weighted by Gasteiger charge is 2.29. The van der Waals surface area contributed by atoms with E-state index in [1.54, 1.807) is 18.3 Å². The number of cyclic esters (lactones) is 1. The first-order chi connectivity index (χ1) is 8.75. The molecule has 0 amide bonds. The summed E-state index contributed by atoms with van der Waals surface area (Å²) in [5, 5.41) is 0.821. The van der Waals surface area contributed by atoms with Gasteiger partial charge in [-0.3, -0.25) is 4.98 Å². The lowest BCUT2D eigenvalue weighted by atomic mass is 10.1. The number of nitrogens with two attached hydrogens (primary N) is 1. The van der Waals surface area contributed by atoms with E-state index in [2.05, 4.69) is 4.98 Å². The number of fused-ring (bicyclic) bond motifs is 1. The van der Waals surface area contributed by atoms with Crippen LogP contribution in [0.3, 0.4) is 0 Å². The van der Waals surface area contributed by atoms with Crippen molar-refractivity contribution in [2.24, 2.45) is 0 Å². The number of esters is 1.